The highest BCUT2D eigenvalue weighted by molar-refractivity contribution is 6.19. The second kappa shape index (κ2) is 5.52. The van der Waals surface area contributed by atoms with Gasteiger partial charge in [0.15, 0.2) is 0 Å². The lowest BCUT2D eigenvalue weighted by Crippen LogP contribution is -2.67. The molecule has 2 aliphatic heterocycles. The minimum Gasteiger partial charge on any atom is -0.304 e. The molecule has 0 saturated carbocycles. The maximum absolute atomic E-state index is 12.8. The highest BCUT2D eigenvalue weighted by atomic mass is 16.2. The fraction of sp³-hybridized carbons (Fsp3) is 0.786. The minimum atomic E-state index is -1.08. The maximum atomic E-state index is 12.8. The van der Waals surface area contributed by atoms with Gasteiger partial charge in [-0.1, -0.05) is 13.8 Å². The topological polar surface area (TPSA) is 69.7 Å². The van der Waals surface area contributed by atoms with E-state index in [1.165, 1.54) is 4.90 Å². The number of amides is 4. The van der Waals surface area contributed by atoms with Gasteiger partial charge in [0.1, 0.15) is 5.41 Å². The van der Waals surface area contributed by atoms with E-state index in [1.807, 2.05) is 20.9 Å². The van der Waals surface area contributed by atoms with E-state index in [4.69, 9.17) is 0 Å². The Bertz CT molecular complexity index is 431. The average Bonchev–Trinajstić information content (AvgIpc) is 2.40. The molecule has 2 rings (SSSR count). The monoisotopic (exact) mass is 281 g/mol. The molecule has 0 aromatic carbocycles. The van der Waals surface area contributed by atoms with Gasteiger partial charge in [0, 0.05) is 6.54 Å². The second-order valence-electron chi connectivity index (χ2n) is 5.78. The third kappa shape index (κ3) is 2.22. The number of hydrogen-bond acceptors (Lipinski definition) is 4. The summed E-state index contributed by atoms with van der Waals surface area (Å²) in [6.45, 7) is 5.30. The Morgan fingerprint density at radius 1 is 1.25 bits per heavy atom. The Balaban J connectivity index is 2.30. The highest BCUT2D eigenvalue weighted by Crippen LogP contribution is 2.34. The van der Waals surface area contributed by atoms with Crippen LogP contribution in [0.15, 0.2) is 0 Å². The molecule has 0 radical (unpaired) electrons. The van der Waals surface area contributed by atoms with Gasteiger partial charge in [-0.25, -0.2) is 4.79 Å². The van der Waals surface area contributed by atoms with E-state index < -0.39 is 17.4 Å². The number of piperidine rings is 1. The summed E-state index contributed by atoms with van der Waals surface area (Å²) in [5.41, 5.74) is -1.08. The number of urea groups is 1. The molecule has 2 aliphatic rings. The first kappa shape index (κ1) is 15.0. The molecule has 112 valence electrons. The van der Waals surface area contributed by atoms with Gasteiger partial charge in [0.2, 0.25) is 11.8 Å². The quantitative estimate of drug-likeness (QED) is 0.782. The summed E-state index contributed by atoms with van der Waals surface area (Å²) >= 11 is 0. The van der Waals surface area contributed by atoms with E-state index >= 15 is 0 Å². The molecule has 2 fully saturated rings. The van der Waals surface area contributed by atoms with Crippen molar-refractivity contribution in [1.82, 2.24) is 15.1 Å². The molecule has 1 N–H and O–H groups in total. The van der Waals surface area contributed by atoms with Gasteiger partial charge in [-0.05, 0) is 39.3 Å². The number of barbiturate groups is 1. The maximum Gasteiger partial charge on any atom is 0.331 e. The molecule has 0 aliphatic carbocycles. The number of likely N-dealkylation sites (tertiary alicyclic amines) is 1. The van der Waals surface area contributed by atoms with Crippen LogP contribution in [0.4, 0.5) is 4.79 Å². The summed E-state index contributed by atoms with van der Waals surface area (Å²) < 4.78 is 0. The van der Waals surface area contributed by atoms with Gasteiger partial charge in [-0.2, -0.15) is 0 Å². The number of carbonyl (C=O) groups excluding carboxylic acids is 3. The highest BCUT2D eigenvalue weighted by Gasteiger charge is 2.53. The van der Waals surface area contributed by atoms with Crippen LogP contribution in [0.3, 0.4) is 0 Å². The van der Waals surface area contributed by atoms with Crippen molar-refractivity contribution in [2.24, 2.45) is 5.41 Å². The van der Waals surface area contributed by atoms with Crippen LogP contribution in [0.25, 0.3) is 0 Å². The molecular weight excluding hydrogens is 258 g/mol. The van der Waals surface area contributed by atoms with Crippen molar-refractivity contribution < 1.29 is 14.4 Å². The molecule has 0 aromatic heterocycles. The van der Waals surface area contributed by atoms with Crippen LogP contribution in [0.1, 0.15) is 39.5 Å². The van der Waals surface area contributed by atoms with Crippen LogP contribution < -0.4 is 5.32 Å². The first-order valence-electron chi connectivity index (χ1n) is 7.34. The summed E-state index contributed by atoms with van der Waals surface area (Å²) in [7, 11) is 1.98. The van der Waals surface area contributed by atoms with Crippen LogP contribution >= 0.6 is 0 Å². The summed E-state index contributed by atoms with van der Waals surface area (Å²) in [5, 5.41) is 2.37. The SMILES string of the molecule is CCC1(CC)C(=O)NC(=O)N(C2CCCN(C)C2)C1=O. The number of nitrogens with one attached hydrogen (secondary N) is 1. The van der Waals surface area contributed by atoms with Crippen LogP contribution in [0.5, 0.6) is 0 Å². The Kier molecular flexibility index (Phi) is 4.13. The van der Waals surface area contributed by atoms with E-state index in [2.05, 4.69) is 10.2 Å². The number of nitrogens with zero attached hydrogens (tertiary/aromatic N) is 2. The molecule has 1 unspecified atom stereocenters. The van der Waals surface area contributed by atoms with Crippen molar-refractivity contribution in [3.05, 3.63) is 0 Å². The van der Waals surface area contributed by atoms with E-state index in [0.29, 0.717) is 19.4 Å². The van der Waals surface area contributed by atoms with E-state index in [-0.39, 0.29) is 11.9 Å². The third-order valence-corrected chi connectivity index (χ3v) is 4.67. The number of likely N-dealkylation sites (N-methyl/N-ethyl adjacent to an activating group) is 1. The van der Waals surface area contributed by atoms with Crippen LogP contribution in [-0.2, 0) is 9.59 Å². The molecule has 6 nitrogen and oxygen atoms in total. The first-order valence-corrected chi connectivity index (χ1v) is 7.34. The third-order valence-electron chi connectivity index (χ3n) is 4.67. The first-order chi connectivity index (χ1) is 9.46. The van der Waals surface area contributed by atoms with Crippen molar-refractivity contribution in [3.63, 3.8) is 0 Å². The Morgan fingerprint density at radius 2 is 1.90 bits per heavy atom. The fourth-order valence-electron chi connectivity index (χ4n) is 3.25. The predicted octanol–water partition coefficient (Wildman–Crippen LogP) is 0.965. The van der Waals surface area contributed by atoms with Crippen molar-refractivity contribution in [1.29, 1.82) is 0 Å². The largest absolute Gasteiger partial charge is 0.331 e. The standard InChI is InChI=1S/C14H23N3O3/c1-4-14(5-2)11(18)15-13(20)17(12(14)19)10-7-6-8-16(3)9-10/h10H,4-9H2,1-3H3,(H,15,18,20). The van der Waals surface area contributed by atoms with Crippen LogP contribution in [0, 0.1) is 5.41 Å². The zero-order valence-corrected chi connectivity index (χ0v) is 12.4. The van der Waals surface area contributed by atoms with Gasteiger partial charge in [-0.15, -0.1) is 0 Å². The molecule has 0 bridgehead atoms. The molecular formula is C14H23N3O3. The Morgan fingerprint density at radius 3 is 2.45 bits per heavy atom. The lowest BCUT2D eigenvalue weighted by molar-refractivity contribution is -0.154. The van der Waals surface area contributed by atoms with Crippen molar-refractivity contribution in [2.75, 3.05) is 20.1 Å². The molecule has 2 heterocycles. The molecule has 2 saturated heterocycles. The summed E-state index contributed by atoms with van der Waals surface area (Å²) in [6, 6.07) is -0.690. The van der Waals surface area contributed by atoms with Crippen molar-refractivity contribution >= 4 is 17.8 Å². The number of hydrogen-bond donors (Lipinski definition) is 1. The summed E-state index contributed by atoms with van der Waals surface area (Å²) in [6.07, 6.45) is 2.60. The van der Waals surface area contributed by atoms with Crippen molar-refractivity contribution in [3.8, 4) is 0 Å². The summed E-state index contributed by atoms with van der Waals surface area (Å²) in [5.74, 6) is -0.769. The zero-order valence-electron chi connectivity index (χ0n) is 12.4. The Labute approximate surface area is 119 Å². The normalized spacial score (nSPS) is 27.6. The fourth-order valence-corrected chi connectivity index (χ4v) is 3.25. The van der Waals surface area contributed by atoms with E-state index in [0.717, 1.165) is 19.4 Å². The minimum absolute atomic E-state index is 0.133. The van der Waals surface area contributed by atoms with Gasteiger partial charge in [0.05, 0.1) is 6.04 Å². The van der Waals surface area contributed by atoms with Crippen LogP contribution in [-0.4, -0.2) is 53.8 Å². The van der Waals surface area contributed by atoms with Gasteiger partial charge in [-0.3, -0.25) is 19.8 Å². The molecule has 20 heavy (non-hydrogen) atoms. The smallest absolute Gasteiger partial charge is 0.304 e. The van der Waals surface area contributed by atoms with Gasteiger partial charge in [0.25, 0.3) is 0 Å². The zero-order chi connectivity index (χ0) is 14.9. The molecule has 0 aromatic rings. The number of rotatable bonds is 3. The number of carbonyl (C=O) groups is 3. The van der Waals surface area contributed by atoms with Crippen molar-refractivity contribution in [2.45, 2.75) is 45.6 Å². The average molecular weight is 281 g/mol. The van der Waals surface area contributed by atoms with Crippen LogP contribution in [0.2, 0.25) is 0 Å². The molecule has 4 amide bonds. The summed E-state index contributed by atoms with van der Waals surface area (Å²) in [4.78, 5) is 40.4. The van der Waals surface area contributed by atoms with Gasteiger partial charge < -0.3 is 4.90 Å². The van der Waals surface area contributed by atoms with E-state index in [9.17, 15) is 14.4 Å². The van der Waals surface area contributed by atoms with Gasteiger partial charge >= 0.3 is 6.03 Å². The number of imide groups is 2. The molecule has 6 heteroatoms. The second-order valence-corrected chi connectivity index (χ2v) is 5.78. The molecule has 0 spiro atoms. The Hall–Kier alpha value is -1.43. The molecule has 1 atom stereocenters. The lowest BCUT2D eigenvalue weighted by atomic mass is 9.78. The predicted molar refractivity (Wildman–Crippen MR) is 73.9 cm³/mol. The van der Waals surface area contributed by atoms with E-state index in [1.54, 1.807) is 0 Å². The lowest BCUT2D eigenvalue weighted by Gasteiger charge is -2.44.